The summed E-state index contributed by atoms with van der Waals surface area (Å²) in [6, 6.07) is 13.5. The van der Waals surface area contributed by atoms with E-state index in [-0.39, 0.29) is 5.41 Å². The fourth-order valence-corrected chi connectivity index (χ4v) is 4.60. The summed E-state index contributed by atoms with van der Waals surface area (Å²) < 4.78 is 0. The number of benzene rings is 1. The zero-order chi connectivity index (χ0) is 19.3. The van der Waals surface area contributed by atoms with E-state index in [0.717, 1.165) is 38.4 Å². The van der Waals surface area contributed by atoms with Gasteiger partial charge in [-0.1, -0.05) is 38.1 Å². The van der Waals surface area contributed by atoms with E-state index in [2.05, 4.69) is 83.1 Å². The number of nitrogens with one attached hydrogen (secondary N) is 2. The summed E-state index contributed by atoms with van der Waals surface area (Å²) in [5.41, 5.74) is 2.77. The first-order valence-electron chi connectivity index (χ1n) is 9.81. The van der Waals surface area contributed by atoms with Crippen LogP contribution in [0.5, 0.6) is 0 Å². The lowest BCUT2D eigenvalue weighted by molar-refractivity contribution is 0.454. The minimum absolute atomic E-state index is 0.0471. The van der Waals surface area contributed by atoms with Gasteiger partial charge in [-0.2, -0.15) is 0 Å². The molecule has 5 heteroatoms. The number of hydrogen-bond donors (Lipinski definition) is 2. The van der Waals surface area contributed by atoms with Crippen LogP contribution in [0.1, 0.15) is 37.8 Å². The van der Waals surface area contributed by atoms with Crippen molar-refractivity contribution in [2.45, 2.75) is 45.1 Å². The van der Waals surface area contributed by atoms with Crippen LogP contribution in [0.25, 0.3) is 0 Å². The molecule has 146 valence electrons. The lowest BCUT2D eigenvalue weighted by atomic mass is 9.82. The highest BCUT2D eigenvalue weighted by Crippen LogP contribution is 2.26. The summed E-state index contributed by atoms with van der Waals surface area (Å²) in [4.78, 5) is 6.94. The molecule has 2 N–H and O–H groups in total. The molecule has 0 atom stereocenters. The Hall–Kier alpha value is -2.01. The first kappa shape index (κ1) is 19.7. The Labute approximate surface area is 167 Å². The fraction of sp³-hybridized carbons (Fsp3) is 0.500. The van der Waals surface area contributed by atoms with E-state index in [0.29, 0.717) is 6.04 Å². The summed E-state index contributed by atoms with van der Waals surface area (Å²) >= 11 is 1.83. The third-order valence-corrected chi connectivity index (χ3v) is 6.38. The van der Waals surface area contributed by atoms with Crippen LogP contribution in [-0.4, -0.2) is 38.7 Å². The maximum absolute atomic E-state index is 4.45. The molecular weight excluding hydrogens is 352 g/mol. The second-order valence-corrected chi connectivity index (χ2v) is 8.91. The highest BCUT2D eigenvalue weighted by atomic mass is 32.1. The van der Waals surface area contributed by atoms with Crippen LogP contribution in [0.3, 0.4) is 0 Å². The van der Waals surface area contributed by atoms with E-state index in [1.54, 1.807) is 0 Å². The molecule has 2 heterocycles. The number of aliphatic imine (C=N–C) groups is 1. The molecule has 0 radical (unpaired) electrons. The fourth-order valence-electron chi connectivity index (χ4n) is 3.81. The van der Waals surface area contributed by atoms with E-state index in [1.165, 1.54) is 16.1 Å². The van der Waals surface area contributed by atoms with Gasteiger partial charge in [-0.05, 0) is 48.4 Å². The second-order valence-electron chi connectivity index (χ2n) is 7.98. The van der Waals surface area contributed by atoms with Gasteiger partial charge in [-0.25, -0.2) is 0 Å². The summed E-state index contributed by atoms with van der Waals surface area (Å²) in [5, 5.41) is 10.7. The average Bonchev–Trinajstić information content (AvgIpc) is 3.20. The quantitative estimate of drug-likeness (QED) is 0.600. The Morgan fingerprint density at radius 2 is 1.93 bits per heavy atom. The van der Waals surface area contributed by atoms with E-state index in [9.17, 15) is 0 Å². The van der Waals surface area contributed by atoms with Crippen molar-refractivity contribution in [1.29, 1.82) is 0 Å². The lowest BCUT2D eigenvalue weighted by Gasteiger charge is -2.34. The average molecular weight is 385 g/mol. The molecule has 1 saturated heterocycles. The van der Waals surface area contributed by atoms with E-state index in [4.69, 9.17) is 0 Å². The first-order chi connectivity index (χ1) is 13.0. The van der Waals surface area contributed by atoms with Gasteiger partial charge >= 0.3 is 0 Å². The minimum atomic E-state index is 0.0471. The van der Waals surface area contributed by atoms with Gasteiger partial charge in [-0.15, -0.1) is 11.3 Å². The summed E-state index contributed by atoms with van der Waals surface area (Å²) in [7, 11) is 1.86. The second kappa shape index (κ2) is 8.79. The van der Waals surface area contributed by atoms with Crippen molar-refractivity contribution in [1.82, 2.24) is 10.6 Å². The molecule has 1 aliphatic heterocycles. The van der Waals surface area contributed by atoms with E-state index >= 15 is 0 Å². The van der Waals surface area contributed by atoms with Crippen molar-refractivity contribution >= 4 is 22.3 Å². The molecular formula is C22H32N4S. The van der Waals surface area contributed by atoms with Gasteiger partial charge in [0.15, 0.2) is 5.96 Å². The zero-order valence-electron chi connectivity index (χ0n) is 17.0. The lowest BCUT2D eigenvalue weighted by Crippen LogP contribution is -2.50. The SMILES string of the molecule is CN=C(NCC(C)(C)c1ccccc1C)NC1CCN(c2cccs2)CC1. The van der Waals surface area contributed by atoms with Gasteiger partial charge in [0.25, 0.3) is 0 Å². The van der Waals surface area contributed by atoms with Crippen molar-refractivity contribution in [3.63, 3.8) is 0 Å². The molecule has 27 heavy (non-hydrogen) atoms. The number of hydrogen-bond acceptors (Lipinski definition) is 3. The Kier molecular flexibility index (Phi) is 6.42. The maximum atomic E-state index is 4.45. The Balaban J connectivity index is 1.51. The van der Waals surface area contributed by atoms with Crippen molar-refractivity contribution in [3.8, 4) is 0 Å². The van der Waals surface area contributed by atoms with Crippen LogP contribution in [0, 0.1) is 6.92 Å². The van der Waals surface area contributed by atoms with Gasteiger partial charge in [0.2, 0.25) is 0 Å². The molecule has 1 aliphatic rings. The Morgan fingerprint density at radius 3 is 2.56 bits per heavy atom. The Bertz CT molecular complexity index is 743. The molecule has 0 bridgehead atoms. The van der Waals surface area contributed by atoms with Crippen molar-refractivity contribution in [2.75, 3.05) is 31.6 Å². The third kappa shape index (κ3) is 5.04. The van der Waals surface area contributed by atoms with Gasteiger partial charge in [-0.3, -0.25) is 4.99 Å². The topological polar surface area (TPSA) is 39.7 Å². The van der Waals surface area contributed by atoms with Crippen LogP contribution < -0.4 is 15.5 Å². The van der Waals surface area contributed by atoms with Crippen LogP contribution in [-0.2, 0) is 5.41 Å². The van der Waals surface area contributed by atoms with Crippen molar-refractivity contribution in [2.24, 2.45) is 4.99 Å². The summed E-state index contributed by atoms with van der Waals surface area (Å²) in [6.07, 6.45) is 2.28. The molecule has 0 spiro atoms. The largest absolute Gasteiger partial charge is 0.363 e. The highest BCUT2D eigenvalue weighted by Gasteiger charge is 2.24. The number of nitrogens with zero attached hydrogens (tertiary/aromatic N) is 2. The molecule has 2 aromatic rings. The van der Waals surface area contributed by atoms with Crippen LogP contribution in [0.15, 0.2) is 46.8 Å². The predicted octanol–water partition coefficient (Wildman–Crippen LogP) is 4.17. The molecule has 0 unspecified atom stereocenters. The molecule has 0 aliphatic carbocycles. The number of thiophene rings is 1. The summed E-state index contributed by atoms with van der Waals surface area (Å²) in [6.45, 7) is 9.81. The zero-order valence-corrected chi connectivity index (χ0v) is 17.8. The molecule has 0 saturated carbocycles. The predicted molar refractivity (Wildman–Crippen MR) is 118 cm³/mol. The van der Waals surface area contributed by atoms with Gasteiger partial charge in [0.05, 0.1) is 5.00 Å². The van der Waals surface area contributed by atoms with Gasteiger partial charge < -0.3 is 15.5 Å². The number of rotatable bonds is 5. The standard InChI is InChI=1S/C22H32N4S/c1-17-8-5-6-9-19(17)22(2,3)16-24-21(23-4)25-18-11-13-26(14-12-18)20-10-7-15-27-20/h5-10,15,18H,11-14,16H2,1-4H3,(H2,23,24,25). The highest BCUT2D eigenvalue weighted by molar-refractivity contribution is 7.14. The Morgan fingerprint density at radius 1 is 1.19 bits per heavy atom. The van der Waals surface area contributed by atoms with E-state index < -0.39 is 0 Å². The molecule has 4 nitrogen and oxygen atoms in total. The van der Waals surface area contributed by atoms with Gasteiger partial charge in [0.1, 0.15) is 0 Å². The number of anilines is 1. The monoisotopic (exact) mass is 384 g/mol. The maximum Gasteiger partial charge on any atom is 0.191 e. The van der Waals surface area contributed by atoms with E-state index in [1.807, 2.05) is 18.4 Å². The first-order valence-corrected chi connectivity index (χ1v) is 10.7. The smallest absolute Gasteiger partial charge is 0.191 e. The number of guanidine groups is 1. The molecule has 0 amide bonds. The van der Waals surface area contributed by atoms with Crippen LogP contribution in [0.2, 0.25) is 0 Å². The molecule has 1 aromatic heterocycles. The van der Waals surface area contributed by atoms with Crippen molar-refractivity contribution < 1.29 is 0 Å². The van der Waals surface area contributed by atoms with Crippen LogP contribution >= 0.6 is 11.3 Å². The molecule has 1 aromatic carbocycles. The van der Waals surface area contributed by atoms with Crippen LogP contribution in [0.4, 0.5) is 5.00 Å². The summed E-state index contributed by atoms with van der Waals surface area (Å²) in [5.74, 6) is 0.909. The third-order valence-electron chi connectivity index (χ3n) is 5.45. The molecule has 1 fully saturated rings. The molecule has 3 rings (SSSR count). The number of piperidine rings is 1. The number of aryl methyl sites for hydroxylation is 1. The van der Waals surface area contributed by atoms with Gasteiger partial charge in [0, 0.05) is 38.1 Å². The minimum Gasteiger partial charge on any atom is -0.363 e. The van der Waals surface area contributed by atoms with Crippen molar-refractivity contribution in [3.05, 3.63) is 52.9 Å². The normalized spacial score (nSPS) is 16.4.